The minimum Gasteiger partial charge on any atom is -0.496 e. The molecule has 0 aliphatic carbocycles. The van der Waals surface area contributed by atoms with Crippen molar-refractivity contribution in [3.63, 3.8) is 0 Å². The van der Waals surface area contributed by atoms with Crippen LogP contribution >= 0.6 is 18.9 Å². The van der Waals surface area contributed by atoms with Gasteiger partial charge in [0.1, 0.15) is 29.4 Å². The Bertz CT molecular complexity index is 1180. The van der Waals surface area contributed by atoms with Gasteiger partial charge in [0.15, 0.2) is 0 Å². The third kappa shape index (κ3) is 5.34. The number of methoxy groups -OCH3 is 1. The number of benzene rings is 2. The van der Waals surface area contributed by atoms with Crippen LogP contribution in [0.2, 0.25) is 0 Å². The summed E-state index contributed by atoms with van der Waals surface area (Å²) in [5.74, 6) is -0.933. The highest BCUT2D eigenvalue weighted by Gasteiger charge is 2.31. The molecule has 1 aromatic heterocycles. The van der Waals surface area contributed by atoms with Crippen LogP contribution in [-0.2, 0) is 10.7 Å². The molecule has 0 unspecified atom stereocenters. The molecule has 0 spiro atoms. The van der Waals surface area contributed by atoms with E-state index in [1.807, 2.05) is 0 Å². The average Bonchev–Trinajstić information content (AvgIpc) is 2.66. The van der Waals surface area contributed by atoms with Gasteiger partial charge in [0.05, 0.1) is 12.7 Å². The fourth-order valence-electron chi connectivity index (χ4n) is 2.67. The van der Waals surface area contributed by atoms with E-state index in [2.05, 4.69) is 15.2 Å². The summed E-state index contributed by atoms with van der Waals surface area (Å²) in [6, 6.07) is 6.99. The van der Waals surface area contributed by atoms with Crippen LogP contribution in [0.5, 0.6) is 5.75 Å². The highest BCUT2D eigenvalue weighted by molar-refractivity contribution is 7.99. The number of hydrogen-bond acceptors (Lipinski definition) is 7. The molecule has 3 aromatic rings. The molecule has 0 radical (unpaired) electrons. The maximum absolute atomic E-state index is 13.8. The number of alkyl halides is 3. The molecule has 0 aliphatic rings. The number of halogens is 4. The Morgan fingerprint density at radius 3 is 2.42 bits per heavy atom. The summed E-state index contributed by atoms with van der Waals surface area (Å²) in [5.41, 5.74) is 5.07. The predicted molar refractivity (Wildman–Crippen MR) is 111 cm³/mol. The summed E-state index contributed by atoms with van der Waals surface area (Å²) in [5, 5.41) is 8.41. The van der Waals surface area contributed by atoms with Crippen LogP contribution in [0.25, 0.3) is 11.3 Å². The van der Waals surface area contributed by atoms with E-state index in [9.17, 15) is 22.1 Å². The number of nitrogens with two attached hydrogens (primary N) is 1. The van der Waals surface area contributed by atoms with Crippen molar-refractivity contribution in [2.45, 2.75) is 16.1 Å². The predicted octanol–water partition coefficient (Wildman–Crippen LogP) is 4.69. The number of rotatable bonds is 5. The summed E-state index contributed by atoms with van der Waals surface area (Å²) < 4.78 is 70.7. The number of hydrogen-bond donors (Lipinski definition) is 1. The van der Waals surface area contributed by atoms with E-state index in [4.69, 9.17) is 10.5 Å². The Labute approximate surface area is 179 Å². The molecule has 0 bridgehead atoms. The zero-order valence-electron chi connectivity index (χ0n) is 16.6. The number of aromatic nitrogens is 3. The largest absolute Gasteiger partial charge is 0.496 e. The number of anilines is 1. The highest BCUT2D eigenvalue weighted by Crippen LogP contribution is 2.41. The third-order valence-electron chi connectivity index (χ3n) is 4.15. The molecular weight excluding hydrogens is 455 g/mol. The maximum atomic E-state index is 13.8. The Morgan fingerprint density at radius 1 is 1.10 bits per heavy atom. The van der Waals surface area contributed by atoms with Crippen LogP contribution in [0, 0.1) is 5.82 Å². The van der Waals surface area contributed by atoms with Gasteiger partial charge in [-0.05, 0) is 43.7 Å². The van der Waals surface area contributed by atoms with Crippen LogP contribution in [0.4, 0.5) is 23.5 Å². The van der Waals surface area contributed by atoms with E-state index in [0.29, 0.717) is 22.7 Å². The normalized spacial score (nSPS) is 12.1. The topological polar surface area (TPSA) is 91.0 Å². The summed E-state index contributed by atoms with van der Waals surface area (Å²) in [6.45, 7) is 3.21. The number of ether oxygens (including phenoxy) is 1. The molecule has 0 atom stereocenters. The number of nitrogens with zero attached hydrogens (tertiary/aromatic N) is 3. The van der Waals surface area contributed by atoms with E-state index < -0.39 is 24.7 Å². The van der Waals surface area contributed by atoms with Crippen LogP contribution in [0.15, 0.2) is 46.3 Å². The minimum atomic E-state index is -4.71. The molecule has 2 aromatic carbocycles. The molecule has 1 heterocycles. The first-order chi connectivity index (χ1) is 14.4. The molecule has 0 fully saturated rings. The van der Waals surface area contributed by atoms with Gasteiger partial charge in [0.25, 0.3) is 0 Å². The van der Waals surface area contributed by atoms with Crippen molar-refractivity contribution in [2.75, 3.05) is 26.2 Å². The van der Waals surface area contributed by atoms with Crippen molar-refractivity contribution in [1.82, 2.24) is 15.2 Å². The molecule has 0 saturated heterocycles. The van der Waals surface area contributed by atoms with Crippen molar-refractivity contribution >= 4 is 30.2 Å². The second kappa shape index (κ2) is 8.47. The van der Waals surface area contributed by atoms with E-state index in [0.717, 1.165) is 23.9 Å². The molecule has 31 heavy (non-hydrogen) atoms. The van der Waals surface area contributed by atoms with Gasteiger partial charge in [-0.3, -0.25) is 0 Å². The summed E-state index contributed by atoms with van der Waals surface area (Å²) in [6.07, 6.45) is -4.71. The first kappa shape index (κ1) is 23.0. The molecule has 12 heteroatoms. The lowest BCUT2D eigenvalue weighted by Gasteiger charge is -2.14. The van der Waals surface area contributed by atoms with E-state index >= 15 is 0 Å². The molecule has 0 saturated carbocycles. The van der Waals surface area contributed by atoms with E-state index in [1.54, 1.807) is 31.5 Å². The van der Waals surface area contributed by atoms with Crippen LogP contribution in [0.1, 0.15) is 5.56 Å². The summed E-state index contributed by atoms with van der Waals surface area (Å²) >= 11 is 0.753. The fraction of sp³-hybridized carbons (Fsp3) is 0.211. The van der Waals surface area contributed by atoms with Gasteiger partial charge in [0.2, 0.25) is 5.95 Å². The maximum Gasteiger partial charge on any atom is 0.416 e. The van der Waals surface area contributed by atoms with Crippen molar-refractivity contribution in [1.29, 1.82) is 0 Å². The molecule has 3 rings (SSSR count). The van der Waals surface area contributed by atoms with Gasteiger partial charge in [-0.15, -0.1) is 10.2 Å². The van der Waals surface area contributed by atoms with Crippen molar-refractivity contribution < 1.29 is 26.9 Å². The van der Waals surface area contributed by atoms with Gasteiger partial charge in [-0.1, -0.05) is 17.8 Å². The lowest BCUT2D eigenvalue weighted by Crippen LogP contribution is -2.07. The van der Waals surface area contributed by atoms with Gasteiger partial charge >= 0.3 is 6.18 Å². The molecular formula is C19H17F4N4O2PS. The molecule has 0 aliphatic heterocycles. The first-order valence-corrected chi connectivity index (χ1v) is 12.1. The Kier molecular flexibility index (Phi) is 6.29. The minimum absolute atomic E-state index is 0.0457. The lowest BCUT2D eigenvalue weighted by molar-refractivity contribution is -0.137. The quantitative estimate of drug-likeness (QED) is 0.426. The second-order valence-corrected chi connectivity index (χ2v) is 11.1. The fourth-order valence-corrected chi connectivity index (χ4v) is 4.50. The second-order valence-electron chi connectivity index (χ2n) is 6.83. The van der Waals surface area contributed by atoms with Gasteiger partial charge in [0, 0.05) is 15.8 Å². The van der Waals surface area contributed by atoms with Crippen LogP contribution in [0.3, 0.4) is 0 Å². The summed E-state index contributed by atoms with van der Waals surface area (Å²) in [7, 11) is -1.17. The summed E-state index contributed by atoms with van der Waals surface area (Å²) in [4.78, 5) is 4.02. The van der Waals surface area contributed by atoms with Crippen molar-refractivity contribution in [2.24, 2.45) is 0 Å². The van der Waals surface area contributed by atoms with Gasteiger partial charge < -0.3 is 15.0 Å². The standard InChI is InChI=1S/C19H17F4N4O2PS/c1-29-15-9-12(30(2,3)28)4-5-14(15)16-17(25-18(24)27-26-16)31-13-7-10(19(21,22)23)6-11(20)8-13/h4-9H,1-3H3,(H2,24,25,27). The average molecular weight is 472 g/mol. The first-order valence-electron chi connectivity index (χ1n) is 8.68. The Balaban J connectivity index is 2.11. The SMILES string of the molecule is COc1cc(P(C)(C)=O)ccc1-c1nnc(N)nc1Sc1cc(F)cc(C(F)(F)F)c1. The molecule has 2 N–H and O–H groups in total. The smallest absolute Gasteiger partial charge is 0.416 e. The third-order valence-corrected chi connectivity index (χ3v) is 6.62. The monoisotopic (exact) mass is 472 g/mol. The van der Waals surface area contributed by atoms with Crippen molar-refractivity contribution in [3.05, 3.63) is 47.8 Å². The zero-order chi connectivity index (χ0) is 23.0. The van der Waals surface area contributed by atoms with Crippen molar-refractivity contribution in [3.8, 4) is 17.0 Å². The molecule has 164 valence electrons. The van der Waals surface area contributed by atoms with E-state index in [-0.39, 0.29) is 21.6 Å². The molecule has 0 amide bonds. The Hall–Kier alpha value is -2.65. The van der Waals surface area contributed by atoms with Gasteiger partial charge in [-0.25, -0.2) is 9.37 Å². The van der Waals surface area contributed by atoms with Crippen LogP contribution < -0.4 is 15.8 Å². The number of nitrogen functional groups attached to an aromatic ring is 1. The lowest BCUT2D eigenvalue weighted by atomic mass is 10.1. The zero-order valence-corrected chi connectivity index (χ0v) is 18.3. The highest BCUT2D eigenvalue weighted by atomic mass is 32.2. The Morgan fingerprint density at radius 2 is 1.81 bits per heavy atom. The van der Waals surface area contributed by atoms with E-state index in [1.165, 1.54) is 7.11 Å². The molecule has 6 nitrogen and oxygen atoms in total. The van der Waals surface area contributed by atoms with Crippen LogP contribution in [-0.4, -0.2) is 35.6 Å². The van der Waals surface area contributed by atoms with Gasteiger partial charge in [-0.2, -0.15) is 13.2 Å².